The van der Waals surface area contributed by atoms with E-state index in [0.717, 1.165) is 18.9 Å². The Balaban J connectivity index is 2.51. The molecule has 1 aliphatic carbocycles. The van der Waals surface area contributed by atoms with Crippen molar-refractivity contribution < 1.29 is 13.2 Å². The molecule has 0 bridgehead atoms. The Morgan fingerprint density at radius 3 is 2.42 bits per heavy atom. The summed E-state index contributed by atoms with van der Waals surface area (Å²) in [6.45, 7) is 4.02. The summed E-state index contributed by atoms with van der Waals surface area (Å²) in [5, 5.41) is 0. The lowest BCUT2D eigenvalue weighted by molar-refractivity contribution is -0.139. The molecule has 0 aliphatic heterocycles. The Labute approximate surface area is 112 Å². The highest BCUT2D eigenvalue weighted by Crippen LogP contribution is 2.46. The van der Waals surface area contributed by atoms with Gasteiger partial charge in [-0.25, -0.2) is 0 Å². The molecule has 3 atom stereocenters. The van der Waals surface area contributed by atoms with E-state index in [9.17, 15) is 13.2 Å². The summed E-state index contributed by atoms with van der Waals surface area (Å²) in [5.41, 5.74) is 5.21. The number of alkyl halides is 3. The fourth-order valence-electron chi connectivity index (χ4n) is 3.18. The van der Waals surface area contributed by atoms with Gasteiger partial charge in [-0.3, -0.25) is 0 Å². The standard InChI is InChI=1S/C15H20F3N/c1-10-7-8-11(2)14(19,9-10)12-5-3-4-6-13(12)15(16,17)18/h3-6,10-11H,7-9,19H2,1-2H3. The maximum atomic E-state index is 13.1. The van der Waals surface area contributed by atoms with Crippen molar-refractivity contribution in [2.75, 3.05) is 0 Å². The van der Waals surface area contributed by atoms with E-state index in [1.54, 1.807) is 6.07 Å². The predicted molar refractivity (Wildman–Crippen MR) is 69.5 cm³/mol. The van der Waals surface area contributed by atoms with Gasteiger partial charge < -0.3 is 5.73 Å². The van der Waals surface area contributed by atoms with Gasteiger partial charge in [0.1, 0.15) is 0 Å². The van der Waals surface area contributed by atoms with Crippen LogP contribution in [0.1, 0.15) is 44.2 Å². The van der Waals surface area contributed by atoms with Gasteiger partial charge in [0.15, 0.2) is 0 Å². The third-order valence-electron chi connectivity index (χ3n) is 4.39. The van der Waals surface area contributed by atoms with E-state index in [1.807, 2.05) is 6.92 Å². The number of halogens is 3. The molecule has 1 fully saturated rings. The van der Waals surface area contributed by atoms with Gasteiger partial charge in [0.25, 0.3) is 0 Å². The molecule has 0 spiro atoms. The van der Waals surface area contributed by atoms with Crippen LogP contribution in [0.25, 0.3) is 0 Å². The van der Waals surface area contributed by atoms with Gasteiger partial charge in [0, 0.05) is 5.54 Å². The molecule has 1 aliphatic rings. The highest BCUT2D eigenvalue weighted by atomic mass is 19.4. The Hall–Kier alpha value is -1.03. The maximum Gasteiger partial charge on any atom is 0.416 e. The quantitative estimate of drug-likeness (QED) is 0.809. The van der Waals surface area contributed by atoms with Crippen LogP contribution in [0.15, 0.2) is 24.3 Å². The summed E-state index contributed by atoms with van der Waals surface area (Å²) in [6, 6.07) is 5.74. The predicted octanol–water partition coefficient (Wildman–Crippen LogP) is 4.32. The smallest absolute Gasteiger partial charge is 0.321 e. The van der Waals surface area contributed by atoms with Gasteiger partial charge >= 0.3 is 6.18 Å². The molecular weight excluding hydrogens is 251 g/mol. The zero-order chi connectivity index (χ0) is 14.3. The van der Waals surface area contributed by atoms with Crippen LogP contribution in [0.3, 0.4) is 0 Å². The topological polar surface area (TPSA) is 26.0 Å². The first-order valence-corrected chi connectivity index (χ1v) is 6.70. The first kappa shape index (κ1) is 14.4. The zero-order valence-electron chi connectivity index (χ0n) is 11.3. The maximum absolute atomic E-state index is 13.1. The lowest BCUT2D eigenvalue weighted by Gasteiger charge is -2.43. The fraction of sp³-hybridized carbons (Fsp3) is 0.600. The first-order valence-electron chi connectivity index (χ1n) is 6.70. The number of rotatable bonds is 1. The van der Waals surface area contributed by atoms with Crippen molar-refractivity contribution in [2.45, 2.75) is 44.8 Å². The Morgan fingerprint density at radius 2 is 1.79 bits per heavy atom. The molecule has 0 saturated heterocycles. The average Bonchev–Trinajstić information content (AvgIpc) is 2.33. The van der Waals surface area contributed by atoms with E-state index in [4.69, 9.17) is 5.73 Å². The highest BCUT2D eigenvalue weighted by molar-refractivity contribution is 5.36. The van der Waals surface area contributed by atoms with Crippen LogP contribution < -0.4 is 5.73 Å². The summed E-state index contributed by atoms with van der Waals surface area (Å²) in [7, 11) is 0. The molecule has 0 heterocycles. The van der Waals surface area contributed by atoms with Crippen LogP contribution in [0.4, 0.5) is 13.2 Å². The number of hydrogen-bond acceptors (Lipinski definition) is 1. The van der Waals surface area contributed by atoms with Gasteiger partial charge in [-0.15, -0.1) is 0 Å². The lowest BCUT2D eigenvalue weighted by Crippen LogP contribution is -2.48. The van der Waals surface area contributed by atoms with Crippen LogP contribution in [0, 0.1) is 11.8 Å². The van der Waals surface area contributed by atoms with Crippen LogP contribution in [-0.4, -0.2) is 0 Å². The van der Waals surface area contributed by atoms with Crippen LogP contribution >= 0.6 is 0 Å². The fourth-order valence-corrected chi connectivity index (χ4v) is 3.18. The molecule has 1 aromatic rings. The summed E-state index contributed by atoms with van der Waals surface area (Å²) < 4.78 is 39.4. The Kier molecular flexibility index (Phi) is 3.65. The summed E-state index contributed by atoms with van der Waals surface area (Å²) in [4.78, 5) is 0. The number of hydrogen-bond donors (Lipinski definition) is 1. The van der Waals surface area contributed by atoms with Crippen molar-refractivity contribution in [1.82, 2.24) is 0 Å². The second-order valence-electron chi connectivity index (χ2n) is 5.87. The second-order valence-corrected chi connectivity index (χ2v) is 5.87. The number of benzene rings is 1. The third-order valence-corrected chi connectivity index (χ3v) is 4.39. The third kappa shape index (κ3) is 2.64. The van der Waals surface area contributed by atoms with E-state index in [1.165, 1.54) is 12.1 Å². The Bertz CT molecular complexity index is 455. The first-order chi connectivity index (χ1) is 8.75. The van der Waals surface area contributed by atoms with Gasteiger partial charge in [0.2, 0.25) is 0 Å². The van der Waals surface area contributed by atoms with E-state index in [2.05, 4.69) is 6.92 Å². The van der Waals surface area contributed by atoms with E-state index in [-0.39, 0.29) is 11.5 Å². The molecule has 0 aromatic heterocycles. The van der Waals surface area contributed by atoms with E-state index < -0.39 is 17.3 Å². The molecule has 1 saturated carbocycles. The summed E-state index contributed by atoms with van der Waals surface area (Å²) >= 11 is 0. The average molecular weight is 271 g/mol. The normalized spacial score (nSPS) is 32.3. The minimum Gasteiger partial charge on any atom is -0.321 e. The Morgan fingerprint density at radius 1 is 1.16 bits per heavy atom. The lowest BCUT2D eigenvalue weighted by atomic mass is 9.66. The molecule has 4 heteroatoms. The monoisotopic (exact) mass is 271 g/mol. The number of nitrogens with two attached hydrogens (primary N) is 1. The molecule has 2 N–H and O–H groups in total. The van der Waals surface area contributed by atoms with E-state index in [0.29, 0.717) is 12.3 Å². The molecule has 1 aromatic carbocycles. The molecule has 2 rings (SSSR count). The minimum atomic E-state index is -4.34. The zero-order valence-corrected chi connectivity index (χ0v) is 11.3. The van der Waals surface area contributed by atoms with Crippen molar-refractivity contribution in [3.05, 3.63) is 35.4 Å². The van der Waals surface area contributed by atoms with E-state index >= 15 is 0 Å². The molecule has 19 heavy (non-hydrogen) atoms. The van der Waals surface area contributed by atoms with Gasteiger partial charge in [-0.1, -0.05) is 38.5 Å². The van der Waals surface area contributed by atoms with Gasteiger partial charge in [-0.05, 0) is 36.3 Å². The van der Waals surface area contributed by atoms with Crippen molar-refractivity contribution in [2.24, 2.45) is 17.6 Å². The minimum absolute atomic E-state index is 0.0622. The van der Waals surface area contributed by atoms with Crippen LogP contribution in [0.2, 0.25) is 0 Å². The summed E-state index contributed by atoms with van der Waals surface area (Å²) in [6.07, 6.45) is -1.82. The van der Waals surface area contributed by atoms with Crippen LogP contribution in [0.5, 0.6) is 0 Å². The molecule has 0 amide bonds. The van der Waals surface area contributed by atoms with Gasteiger partial charge in [0.05, 0.1) is 5.56 Å². The molecular formula is C15H20F3N. The largest absolute Gasteiger partial charge is 0.416 e. The van der Waals surface area contributed by atoms with Gasteiger partial charge in [-0.2, -0.15) is 13.2 Å². The van der Waals surface area contributed by atoms with Crippen molar-refractivity contribution in [3.8, 4) is 0 Å². The molecule has 1 nitrogen and oxygen atoms in total. The molecule has 106 valence electrons. The highest BCUT2D eigenvalue weighted by Gasteiger charge is 2.44. The molecule has 3 unspecified atom stereocenters. The van der Waals surface area contributed by atoms with Crippen LogP contribution in [-0.2, 0) is 11.7 Å². The summed E-state index contributed by atoms with van der Waals surface area (Å²) in [5.74, 6) is 0.426. The second kappa shape index (κ2) is 4.82. The van der Waals surface area contributed by atoms with Crippen molar-refractivity contribution >= 4 is 0 Å². The van der Waals surface area contributed by atoms with Crippen molar-refractivity contribution in [1.29, 1.82) is 0 Å². The SMILES string of the molecule is CC1CCC(C)C(N)(c2ccccc2C(F)(F)F)C1. The van der Waals surface area contributed by atoms with Crippen molar-refractivity contribution in [3.63, 3.8) is 0 Å². The molecule has 0 radical (unpaired) electrons.